The first-order chi connectivity index (χ1) is 10.2. The largest absolute Gasteiger partial charge is 0.356 e. The Morgan fingerprint density at radius 1 is 1.41 bits per heavy atom. The highest BCUT2D eigenvalue weighted by Crippen LogP contribution is 2.32. The number of halogens is 1. The SMILES string of the molecule is CC(CNC(=O)CC1CC2CCC(C1)N2)Cn1cccn1.Cl. The van der Waals surface area contributed by atoms with Crippen LogP contribution in [0.1, 0.15) is 39.0 Å². The highest BCUT2D eigenvalue weighted by Gasteiger charge is 2.34. The molecule has 2 fully saturated rings. The topological polar surface area (TPSA) is 59.0 Å². The molecule has 3 rings (SSSR count). The van der Waals surface area contributed by atoms with Gasteiger partial charge in [0, 0.05) is 44.0 Å². The molecule has 0 radical (unpaired) electrons. The van der Waals surface area contributed by atoms with E-state index in [4.69, 9.17) is 0 Å². The van der Waals surface area contributed by atoms with Crippen molar-refractivity contribution in [2.75, 3.05) is 6.54 Å². The van der Waals surface area contributed by atoms with Crippen molar-refractivity contribution in [1.82, 2.24) is 20.4 Å². The molecule has 3 atom stereocenters. The summed E-state index contributed by atoms with van der Waals surface area (Å²) in [6.45, 7) is 3.73. The molecule has 1 amide bonds. The Morgan fingerprint density at radius 2 is 2.14 bits per heavy atom. The number of fused-ring (bicyclic) bond motifs is 2. The quantitative estimate of drug-likeness (QED) is 0.840. The molecule has 22 heavy (non-hydrogen) atoms. The van der Waals surface area contributed by atoms with Gasteiger partial charge in [-0.1, -0.05) is 6.92 Å². The molecule has 2 N–H and O–H groups in total. The van der Waals surface area contributed by atoms with Crippen LogP contribution in [0.5, 0.6) is 0 Å². The lowest BCUT2D eigenvalue weighted by Crippen LogP contribution is -2.40. The van der Waals surface area contributed by atoms with E-state index in [1.165, 1.54) is 25.7 Å². The monoisotopic (exact) mass is 326 g/mol. The second-order valence-electron chi connectivity index (χ2n) is 6.82. The summed E-state index contributed by atoms with van der Waals surface area (Å²) in [5.41, 5.74) is 0. The van der Waals surface area contributed by atoms with Gasteiger partial charge in [0.05, 0.1) is 0 Å². The molecule has 0 aliphatic carbocycles. The van der Waals surface area contributed by atoms with Crippen LogP contribution < -0.4 is 10.6 Å². The average molecular weight is 327 g/mol. The lowest BCUT2D eigenvalue weighted by Gasteiger charge is -2.28. The van der Waals surface area contributed by atoms with Gasteiger partial charge < -0.3 is 10.6 Å². The first-order valence-corrected chi connectivity index (χ1v) is 8.19. The van der Waals surface area contributed by atoms with Gasteiger partial charge in [-0.25, -0.2) is 0 Å². The van der Waals surface area contributed by atoms with Crippen LogP contribution in [0.15, 0.2) is 18.5 Å². The predicted octanol–water partition coefficient (Wildman–Crippen LogP) is 1.98. The zero-order valence-corrected chi connectivity index (χ0v) is 14.0. The fourth-order valence-corrected chi connectivity index (χ4v) is 3.76. The summed E-state index contributed by atoms with van der Waals surface area (Å²) in [6, 6.07) is 3.26. The number of carbonyl (C=O) groups is 1. The van der Waals surface area contributed by atoms with Gasteiger partial charge in [0.1, 0.15) is 0 Å². The number of hydrogen-bond acceptors (Lipinski definition) is 3. The second kappa shape index (κ2) is 7.97. The van der Waals surface area contributed by atoms with Gasteiger partial charge >= 0.3 is 0 Å². The molecule has 2 bridgehead atoms. The number of nitrogens with zero attached hydrogens (tertiary/aromatic N) is 2. The van der Waals surface area contributed by atoms with E-state index in [0.29, 0.717) is 30.3 Å². The van der Waals surface area contributed by atoms with Crippen molar-refractivity contribution < 1.29 is 4.79 Å². The molecule has 2 aliphatic rings. The second-order valence-corrected chi connectivity index (χ2v) is 6.82. The molecule has 3 heterocycles. The molecule has 124 valence electrons. The van der Waals surface area contributed by atoms with E-state index in [9.17, 15) is 4.79 Å². The Bertz CT molecular complexity index is 453. The molecule has 0 aromatic carbocycles. The van der Waals surface area contributed by atoms with Crippen LogP contribution in [0.3, 0.4) is 0 Å². The molecular weight excluding hydrogens is 300 g/mol. The Balaban J connectivity index is 0.00000176. The van der Waals surface area contributed by atoms with Crippen LogP contribution in [0, 0.1) is 11.8 Å². The molecule has 2 aliphatic heterocycles. The third kappa shape index (κ3) is 4.71. The summed E-state index contributed by atoms with van der Waals surface area (Å²) in [5.74, 6) is 1.19. The smallest absolute Gasteiger partial charge is 0.220 e. The highest BCUT2D eigenvalue weighted by atomic mass is 35.5. The number of nitrogens with one attached hydrogen (secondary N) is 2. The molecule has 1 aromatic rings. The van der Waals surface area contributed by atoms with E-state index in [1.54, 1.807) is 6.20 Å². The van der Waals surface area contributed by atoms with Crippen molar-refractivity contribution in [2.45, 2.75) is 57.7 Å². The fourth-order valence-electron chi connectivity index (χ4n) is 3.76. The van der Waals surface area contributed by atoms with Crippen LogP contribution in [0.2, 0.25) is 0 Å². The van der Waals surface area contributed by atoms with Gasteiger partial charge in [0.2, 0.25) is 5.91 Å². The Kier molecular flexibility index (Phi) is 6.26. The van der Waals surface area contributed by atoms with Crippen LogP contribution in [0.4, 0.5) is 0 Å². The lowest BCUT2D eigenvalue weighted by atomic mass is 9.89. The van der Waals surface area contributed by atoms with E-state index in [0.717, 1.165) is 13.1 Å². The number of piperidine rings is 1. The van der Waals surface area contributed by atoms with Crippen LogP contribution in [0.25, 0.3) is 0 Å². The van der Waals surface area contributed by atoms with Crippen LogP contribution >= 0.6 is 12.4 Å². The number of carbonyl (C=O) groups excluding carboxylic acids is 1. The fraction of sp³-hybridized carbons (Fsp3) is 0.750. The minimum absolute atomic E-state index is 0. The van der Waals surface area contributed by atoms with Crippen molar-refractivity contribution in [3.05, 3.63) is 18.5 Å². The highest BCUT2D eigenvalue weighted by molar-refractivity contribution is 5.85. The molecular formula is C16H27ClN4O. The normalized spacial score (nSPS) is 28.0. The molecule has 1 aromatic heterocycles. The van der Waals surface area contributed by atoms with Crippen molar-refractivity contribution in [3.63, 3.8) is 0 Å². The maximum Gasteiger partial charge on any atom is 0.220 e. The van der Waals surface area contributed by atoms with Crippen LogP contribution in [-0.4, -0.2) is 34.3 Å². The maximum absolute atomic E-state index is 12.1. The van der Waals surface area contributed by atoms with E-state index in [2.05, 4.69) is 22.7 Å². The molecule has 5 nitrogen and oxygen atoms in total. The third-order valence-corrected chi connectivity index (χ3v) is 4.75. The molecule has 6 heteroatoms. The van der Waals surface area contributed by atoms with E-state index in [-0.39, 0.29) is 18.3 Å². The van der Waals surface area contributed by atoms with Gasteiger partial charge in [-0.2, -0.15) is 5.10 Å². The molecule has 3 unspecified atom stereocenters. The zero-order chi connectivity index (χ0) is 14.7. The van der Waals surface area contributed by atoms with Gasteiger partial charge in [-0.15, -0.1) is 12.4 Å². The molecule has 0 saturated carbocycles. The first kappa shape index (κ1) is 17.3. The van der Waals surface area contributed by atoms with Gasteiger partial charge in [0.25, 0.3) is 0 Å². The lowest BCUT2D eigenvalue weighted by molar-refractivity contribution is -0.122. The summed E-state index contributed by atoms with van der Waals surface area (Å²) >= 11 is 0. The minimum Gasteiger partial charge on any atom is -0.356 e. The Morgan fingerprint density at radius 3 is 2.77 bits per heavy atom. The van der Waals surface area contributed by atoms with E-state index < -0.39 is 0 Å². The third-order valence-electron chi connectivity index (χ3n) is 4.75. The van der Waals surface area contributed by atoms with Gasteiger partial charge in [0.15, 0.2) is 0 Å². The average Bonchev–Trinajstić information content (AvgIpc) is 3.06. The standard InChI is InChI=1S/C16H26N4O.ClH/c1-12(11-20-6-2-5-18-20)10-17-16(21)9-13-7-14-3-4-15(8-13)19-14;/h2,5-6,12-15,19H,3-4,7-11H2,1H3,(H,17,21);1H. The summed E-state index contributed by atoms with van der Waals surface area (Å²) in [4.78, 5) is 12.1. The summed E-state index contributed by atoms with van der Waals surface area (Å²) in [7, 11) is 0. The Labute approximate surface area is 138 Å². The predicted molar refractivity (Wildman–Crippen MR) is 88.9 cm³/mol. The number of amides is 1. The van der Waals surface area contributed by atoms with Crippen molar-refractivity contribution in [3.8, 4) is 0 Å². The van der Waals surface area contributed by atoms with Crippen molar-refractivity contribution >= 4 is 18.3 Å². The van der Waals surface area contributed by atoms with Gasteiger partial charge in [-0.05, 0) is 43.6 Å². The number of hydrogen-bond donors (Lipinski definition) is 2. The minimum atomic E-state index is 0. The number of aromatic nitrogens is 2. The summed E-state index contributed by atoms with van der Waals surface area (Å²) < 4.78 is 1.92. The summed E-state index contributed by atoms with van der Waals surface area (Å²) in [5, 5.41) is 10.9. The van der Waals surface area contributed by atoms with Crippen LogP contribution in [-0.2, 0) is 11.3 Å². The Hall–Kier alpha value is -1.07. The van der Waals surface area contributed by atoms with E-state index in [1.807, 2.05) is 16.9 Å². The summed E-state index contributed by atoms with van der Waals surface area (Å²) in [6.07, 6.45) is 9.38. The zero-order valence-electron chi connectivity index (χ0n) is 13.2. The van der Waals surface area contributed by atoms with Gasteiger partial charge in [-0.3, -0.25) is 9.48 Å². The first-order valence-electron chi connectivity index (χ1n) is 8.19. The van der Waals surface area contributed by atoms with Crippen molar-refractivity contribution in [2.24, 2.45) is 11.8 Å². The van der Waals surface area contributed by atoms with Crippen molar-refractivity contribution in [1.29, 1.82) is 0 Å². The molecule has 0 spiro atoms. The molecule has 2 saturated heterocycles. The van der Waals surface area contributed by atoms with E-state index >= 15 is 0 Å². The number of rotatable bonds is 6. The maximum atomic E-state index is 12.1.